The first-order valence-corrected chi connectivity index (χ1v) is 9.60. The average molecular weight is 391 g/mol. The van der Waals surface area contributed by atoms with Gasteiger partial charge in [0.15, 0.2) is 0 Å². The first-order chi connectivity index (χ1) is 14.0. The number of hydrogen-bond donors (Lipinski definition) is 1. The summed E-state index contributed by atoms with van der Waals surface area (Å²) in [6.45, 7) is 6.81. The van der Waals surface area contributed by atoms with E-state index in [1.807, 2.05) is 19.9 Å². The molecule has 0 unspecified atom stereocenters. The normalized spacial score (nSPS) is 14.1. The molecule has 0 saturated heterocycles. The number of amides is 1. The van der Waals surface area contributed by atoms with Crippen molar-refractivity contribution in [2.45, 2.75) is 33.4 Å². The summed E-state index contributed by atoms with van der Waals surface area (Å²) in [7, 11) is 0. The fraction of sp³-hybridized carbons (Fsp3) is 0.273. The summed E-state index contributed by atoms with van der Waals surface area (Å²) in [4.78, 5) is 27.4. The largest absolute Gasteiger partial charge is 0.360 e. The molecule has 1 N–H and O–H groups in total. The molecule has 29 heavy (non-hydrogen) atoms. The fourth-order valence-corrected chi connectivity index (χ4v) is 3.51. The fourth-order valence-electron chi connectivity index (χ4n) is 3.51. The zero-order valence-corrected chi connectivity index (χ0v) is 16.6. The minimum absolute atomic E-state index is 0.0291. The third-order valence-electron chi connectivity index (χ3n) is 5.22. The molecule has 1 aliphatic rings. The van der Waals surface area contributed by atoms with E-state index in [1.54, 1.807) is 48.6 Å². The number of rotatable bonds is 5. The molecule has 1 atom stereocenters. The quantitative estimate of drug-likeness (QED) is 0.708. The lowest BCUT2D eigenvalue weighted by Crippen LogP contribution is -2.22. The molecule has 148 valence electrons. The van der Waals surface area contributed by atoms with E-state index in [4.69, 9.17) is 0 Å². The number of carbonyl (C=O) groups is 1. The Morgan fingerprint density at radius 2 is 1.93 bits per heavy atom. The van der Waals surface area contributed by atoms with E-state index in [2.05, 4.69) is 20.3 Å². The third kappa shape index (κ3) is 3.44. The topological polar surface area (TPSA) is 71.0 Å². The second-order valence-electron chi connectivity index (χ2n) is 7.14. The van der Waals surface area contributed by atoms with Gasteiger partial charge in [0.25, 0.3) is 5.91 Å². The lowest BCUT2D eigenvalue weighted by Gasteiger charge is -2.16. The summed E-state index contributed by atoms with van der Waals surface area (Å²) in [6, 6.07) is 6.79. The highest BCUT2D eigenvalue weighted by Gasteiger charge is 2.29. The van der Waals surface area contributed by atoms with Crippen LogP contribution in [-0.4, -0.2) is 32.3 Å². The van der Waals surface area contributed by atoms with Gasteiger partial charge in [0.05, 0.1) is 12.6 Å². The van der Waals surface area contributed by atoms with E-state index in [0.717, 1.165) is 5.56 Å². The van der Waals surface area contributed by atoms with Crippen LogP contribution in [0, 0.1) is 12.7 Å². The lowest BCUT2D eigenvalue weighted by molar-refractivity contribution is 0.0787. The number of aromatic nitrogens is 3. The van der Waals surface area contributed by atoms with Gasteiger partial charge < -0.3 is 10.2 Å². The maximum absolute atomic E-state index is 14.3. The number of aryl methyl sites for hydroxylation is 1. The van der Waals surface area contributed by atoms with Crippen LogP contribution in [0.5, 0.6) is 0 Å². The van der Waals surface area contributed by atoms with Crippen molar-refractivity contribution in [3.8, 4) is 11.1 Å². The van der Waals surface area contributed by atoms with Crippen LogP contribution in [0.15, 0.2) is 42.9 Å². The second-order valence-corrected chi connectivity index (χ2v) is 7.14. The predicted molar refractivity (Wildman–Crippen MR) is 109 cm³/mol. The van der Waals surface area contributed by atoms with Crippen molar-refractivity contribution in [1.29, 1.82) is 0 Å². The lowest BCUT2D eigenvalue weighted by atomic mass is 10.1. The van der Waals surface area contributed by atoms with Gasteiger partial charge in [-0.15, -0.1) is 0 Å². The van der Waals surface area contributed by atoms with Crippen molar-refractivity contribution in [3.63, 3.8) is 0 Å². The molecule has 3 aromatic rings. The molecular weight excluding hydrogens is 369 g/mol. The Hall–Kier alpha value is -3.35. The minimum atomic E-state index is -0.260. The van der Waals surface area contributed by atoms with E-state index >= 15 is 0 Å². The van der Waals surface area contributed by atoms with Crippen LogP contribution in [0.3, 0.4) is 0 Å². The highest BCUT2D eigenvalue weighted by Crippen LogP contribution is 2.29. The van der Waals surface area contributed by atoms with E-state index < -0.39 is 0 Å². The molecule has 0 aliphatic carbocycles. The van der Waals surface area contributed by atoms with Crippen molar-refractivity contribution in [2.24, 2.45) is 0 Å². The Balaban J connectivity index is 1.56. The van der Waals surface area contributed by atoms with Crippen LogP contribution in [0.4, 0.5) is 10.2 Å². The number of nitrogens with one attached hydrogen (secondary N) is 1. The Kier molecular flexibility index (Phi) is 4.96. The molecule has 0 spiro atoms. The number of halogens is 1. The zero-order chi connectivity index (χ0) is 20.5. The predicted octanol–water partition coefficient (Wildman–Crippen LogP) is 4.13. The number of carbonyl (C=O) groups excluding carboxylic acids is 1. The van der Waals surface area contributed by atoms with E-state index in [0.29, 0.717) is 47.0 Å². The third-order valence-corrected chi connectivity index (χ3v) is 5.22. The van der Waals surface area contributed by atoms with Gasteiger partial charge in [0, 0.05) is 47.4 Å². The maximum Gasteiger partial charge on any atom is 0.254 e. The first kappa shape index (κ1) is 19.0. The molecule has 2 aromatic heterocycles. The number of anilines is 1. The first-order valence-electron chi connectivity index (χ1n) is 9.60. The number of benzene rings is 1. The Labute approximate surface area is 168 Å². The highest BCUT2D eigenvalue weighted by molar-refractivity contribution is 5.99. The van der Waals surface area contributed by atoms with Crippen LogP contribution in [-0.2, 0) is 6.54 Å². The van der Waals surface area contributed by atoms with Crippen molar-refractivity contribution in [3.05, 3.63) is 71.2 Å². The zero-order valence-electron chi connectivity index (χ0n) is 16.6. The monoisotopic (exact) mass is 391 g/mol. The highest BCUT2D eigenvalue weighted by atomic mass is 19.1. The molecule has 1 amide bonds. The summed E-state index contributed by atoms with van der Waals surface area (Å²) in [5, 5.41) is 3.31. The Morgan fingerprint density at radius 1 is 1.17 bits per heavy atom. The van der Waals surface area contributed by atoms with Crippen molar-refractivity contribution < 1.29 is 9.18 Å². The van der Waals surface area contributed by atoms with Crippen LogP contribution in [0.1, 0.15) is 47.2 Å². The molecule has 0 radical (unpaired) electrons. The standard InChI is InChI=1S/C22H22FN5O/c1-4-28-12-18-17(22(28)29)8-9-24-21(18)27-14(3)20-25-10-15(11-26-20)16-7-5-6-13(2)19(16)23/h5-11,14H,4,12H2,1-3H3,(H,24,27)/t14-/m0/s1. The molecule has 0 bridgehead atoms. The number of pyridine rings is 1. The number of fused-ring (bicyclic) bond motifs is 1. The van der Waals surface area contributed by atoms with Gasteiger partial charge in [-0.05, 0) is 32.4 Å². The number of hydrogen-bond acceptors (Lipinski definition) is 5. The molecule has 4 rings (SSSR count). The van der Waals surface area contributed by atoms with Gasteiger partial charge in [-0.25, -0.2) is 19.3 Å². The summed E-state index contributed by atoms with van der Waals surface area (Å²) >= 11 is 0. The second kappa shape index (κ2) is 7.58. The van der Waals surface area contributed by atoms with Gasteiger partial charge in [-0.2, -0.15) is 0 Å². The maximum atomic E-state index is 14.3. The average Bonchev–Trinajstić information content (AvgIpc) is 3.07. The summed E-state index contributed by atoms with van der Waals surface area (Å²) in [5.74, 6) is 1.00. The molecule has 3 heterocycles. The van der Waals surface area contributed by atoms with Gasteiger partial charge in [-0.3, -0.25) is 4.79 Å². The van der Waals surface area contributed by atoms with Crippen LogP contribution < -0.4 is 5.32 Å². The SMILES string of the molecule is CCN1Cc2c(ccnc2N[C@@H](C)c2ncc(-c3cccc(C)c3F)cn2)C1=O. The van der Waals surface area contributed by atoms with Crippen LogP contribution in [0.25, 0.3) is 11.1 Å². The molecular formula is C22H22FN5O. The summed E-state index contributed by atoms with van der Waals surface area (Å²) in [5.41, 5.74) is 3.27. The minimum Gasteiger partial charge on any atom is -0.360 e. The molecule has 1 aliphatic heterocycles. The molecule has 1 aromatic carbocycles. The van der Waals surface area contributed by atoms with Crippen LogP contribution in [0.2, 0.25) is 0 Å². The van der Waals surface area contributed by atoms with Crippen molar-refractivity contribution in [1.82, 2.24) is 19.9 Å². The number of nitrogens with zero attached hydrogens (tertiary/aromatic N) is 4. The van der Waals surface area contributed by atoms with Gasteiger partial charge in [-0.1, -0.05) is 18.2 Å². The molecule has 7 heteroatoms. The Morgan fingerprint density at radius 3 is 2.66 bits per heavy atom. The van der Waals surface area contributed by atoms with Crippen LogP contribution >= 0.6 is 0 Å². The van der Waals surface area contributed by atoms with E-state index in [-0.39, 0.29) is 17.8 Å². The van der Waals surface area contributed by atoms with Gasteiger partial charge in [0.1, 0.15) is 17.5 Å². The molecule has 0 saturated carbocycles. The molecule has 0 fully saturated rings. The smallest absolute Gasteiger partial charge is 0.254 e. The summed E-state index contributed by atoms with van der Waals surface area (Å²) < 4.78 is 14.3. The van der Waals surface area contributed by atoms with Gasteiger partial charge >= 0.3 is 0 Å². The molecule has 6 nitrogen and oxygen atoms in total. The van der Waals surface area contributed by atoms with Crippen molar-refractivity contribution >= 4 is 11.7 Å². The van der Waals surface area contributed by atoms with E-state index in [1.165, 1.54) is 0 Å². The van der Waals surface area contributed by atoms with E-state index in [9.17, 15) is 9.18 Å². The summed E-state index contributed by atoms with van der Waals surface area (Å²) in [6.07, 6.45) is 4.89. The van der Waals surface area contributed by atoms with Crippen molar-refractivity contribution in [2.75, 3.05) is 11.9 Å². The Bertz CT molecular complexity index is 1070. The van der Waals surface area contributed by atoms with Gasteiger partial charge in [0.2, 0.25) is 0 Å².